The molecule has 0 radical (unpaired) electrons. The lowest BCUT2D eigenvalue weighted by Crippen LogP contribution is -2.37. The maximum absolute atomic E-state index is 13.8. The Morgan fingerprint density at radius 2 is 1.23 bits per heavy atom. The number of carbonyl (C=O) groups is 3. The zero-order chi connectivity index (χ0) is 30.5. The van der Waals surface area contributed by atoms with Crippen LogP contribution in [0.1, 0.15) is 37.2 Å². The molecule has 9 nitrogen and oxygen atoms in total. The number of rotatable bonds is 8. The monoisotopic (exact) mass is 1050 g/mol. The number of aromatic hydroxyl groups is 1. The van der Waals surface area contributed by atoms with E-state index < -0.39 is 42.0 Å². The van der Waals surface area contributed by atoms with E-state index in [1.54, 1.807) is 90.4 Å². The summed E-state index contributed by atoms with van der Waals surface area (Å²) in [6.07, 6.45) is -4.82. The van der Waals surface area contributed by atoms with Crippen LogP contribution in [0.4, 0.5) is 17.6 Å². The number of esters is 2. The lowest BCUT2D eigenvalue weighted by Gasteiger charge is -2.21. The van der Waals surface area contributed by atoms with E-state index in [2.05, 4.69) is 4.74 Å². The molecule has 4 N–H and O–H groups in total. The standard InChI is InChI=1S/C13H12F2I2O5.C9H6F2I2O4.ClH/c1-3-21-12(20)13(14,15)11(19)7-4-8(16)10(9(17)5-7)22-6(2)18;10-9(11,8(16)17)7(15)3-1-4(12)6(14)5(13)2-3;/h4-5,11,19H,3H2,1-2H3;1-2,7,14-15H,(H,16,17);1H. The number of phenolic OH excluding ortho intramolecular Hbond substituents is 1. The zero-order valence-electron chi connectivity index (χ0n) is 19.9. The van der Waals surface area contributed by atoms with Crippen molar-refractivity contribution < 1.29 is 61.8 Å². The van der Waals surface area contributed by atoms with Gasteiger partial charge in [0.25, 0.3) is 0 Å². The molecule has 0 aromatic heterocycles. The van der Waals surface area contributed by atoms with Crippen molar-refractivity contribution in [3.8, 4) is 11.5 Å². The second-order valence-electron chi connectivity index (χ2n) is 7.32. The molecular weight excluding hydrogens is 1030 g/mol. The van der Waals surface area contributed by atoms with Crippen LogP contribution in [0, 0.1) is 14.3 Å². The Labute approximate surface area is 285 Å². The molecule has 40 heavy (non-hydrogen) atoms. The van der Waals surface area contributed by atoms with Gasteiger partial charge in [0.1, 0.15) is 5.75 Å². The van der Waals surface area contributed by atoms with Crippen molar-refractivity contribution in [1.29, 1.82) is 0 Å². The fraction of sp³-hybridized carbons (Fsp3) is 0.318. The molecule has 0 saturated carbocycles. The first-order chi connectivity index (χ1) is 17.8. The number of ether oxygens (including phenoxy) is 2. The number of phenols is 1. The highest BCUT2D eigenvalue weighted by Gasteiger charge is 2.49. The molecule has 0 spiro atoms. The summed E-state index contributed by atoms with van der Waals surface area (Å²) in [5, 5.41) is 36.9. The number of carboxylic acid groups (broad SMARTS) is 1. The average Bonchev–Trinajstić information content (AvgIpc) is 2.83. The van der Waals surface area contributed by atoms with E-state index in [4.69, 9.17) is 9.84 Å². The highest BCUT2D eigenvalue weighted by Crippen LogP contribution is 2.38. The normalized spacial score (nSPS) is 12.7. The molecule has 0 aliphatic carbocycles. The second-order valence-corrected chi connectivity index (χ2v) is 12.0. The van der Waals surface area contributed by atoms with E-state index in [0.29, 0.717) is 7.14 Å². The molecule has 0 bridgehead atoms. The summed E-state index contributed by atoms with van der Waals surface area (Å²) in [5.74, 6) is -13.0. The van der Waals surface area contributed by atoms with Crippen molar-refractivity contribution in [2.45, 2.75) is 37.9 Å². The number of aliphatic hydroxyl groups excluding tert-OH is 2. The van der Waals surface area contributed by atoms with E-state index in [1.807, 2.05) is 0 Å². The van der Waals surface area contributed by atoms with E-state index >= 15 is 0 Å². The first-order valence-electron chi connectivity index (χ1n) is 10.2. The third kappa shape index (κ3) is 10.1. The summed E-state index contributed by atoms with van der Waals surface area (Å²) >= 11 is 6.97. The van der Waals surface area contributed by atoms with Crippen molar-refractivity contribution in [2.24, 2.45) is 0 Å². The van der Waals surface area contributed by atoms with Crippen molar-refractivity contribution in [1.82, 2.24) is 0 Å². The van der Waals surface area contributed by atoms with Gasteiger partial charge in [-0.15, -0.1) is 12.4 Å². The molecule has 0 heterocycles. The van der Waals surface area contributed by atoms with Gasteiger partial charge in [0.15, 0.2) is 18.0 Å². The van der Waals surface area contributed by atoms with Gasteiger partial charge < -0.3 is 29.9 Å². The Hall–Kier alpha value is -0.500. The van der Waals surface area contributed by atoms with Crippen LogP contribution < -0.4 is 4.74 Å². The van der Waals surface area contributed by atoms with Gasteiger partial charge in [-0.05, 0) is 133 Å². The van der Waals surface area contributed by atoms with Gasteiger partial charge in [0, 0.05) is 6.92 Å². The van der Waals surface area contributed by atoms with Gasteiger partial charge in [0.2, 0.25) is 0 Å². The molecule has 0 amide bonds. The van der Waals surface area contributed by atoms with E-state index in [0.717, 1.165) is 12.1 Å². The molecule has 0 fully saturated rings. The first kappa shape index (κ1) is 39.5. The predicted octanol–water partition coefficient (Wildman–Crippen LogP) is 5.83. The van der Waals surface area contributed by atoms with Gasteiger partial charge in [-0.3, -0.25) is 4.79 Å². The van der Waals surface area contributed by atoms with Crippen LogP contribution in [0.25, 0.3) is 0 Å². The smallest absolute Gasteiger partial charge is 0.380 e. The molecule has 0 saturated heterocycles. The van der Waals surface area contributed by atoms with Crippen molar-refractivity contribution in [3.05, 3.63) is 49.7 Å². The van der Waals surface area contributed by atoms with E-state index in [9.17, 15) is 47.3 Å². The number of carboxylic acids is 1. The minimum Gasteiger partial charge on any atom is -0.506 e. The lowest BCUT2D eigenvalue weighted by molar-refractivity contribution is -0.189. The van der Waals surface area contributed by atoms with Crippen LogP contribution in [0.2, 0.25) is 0 Å². The predicted molar refractivity (Wildman–Crippen MR) is 168 cm³/mol. The molecule has 2 unspecified atom stereocenters. The molecule has 224 valence electrons. The van der Waals surface area contributed by atoms with E-state index in [1.165, 1.54) is 26.0 Å². The lowest BCUT2D eigenvalue weighted by atomic mass is 10.0. The van der Waals surface area contributed by atoms with E-state index in [-0.39, 0.29) is 48.8 Å². The Morgan fingerprint density at radius 3 is 1.57 bits per heavy atom. The molecule has 0 aliphatic heterocycles. The highest BCUT2D eigenvalue weighted by atomic mass is 127. The fourth-order valence-corrected chi connectivity index (χ4v) is 6.45. The number of hydrogen-bond donors (Lipinski definition) is 4. The average molecular weight is 1050 g/mol. The van der Waals surface area contributed by atoms with Crippen molar-refractivity contribution in [3.63, 3.8) is 0 Å². The number of halogens is 9. The number of alkyl halides is 4. The number of aliphatic hydroxyl groups is 2. The zero-order valence-corrected chi connectivity index (χ0v) is 29.4. The molecule has 2 atom stereocenters. The number of hydrogen-bond acceptors (Lipinski definition) is 8. The Bertz CT molecular complexity index is 1200. The molecule has 2 aromatic carbocycles. The largest absolute Gasteiger partial charge is 0.506 e. The first-order valence-corrected chi connectivity index (χ1v) is 14.5. The van der Waals surface area contributed by atoms with Crippen molar-refractivity contribution >= 4 is 121 Å². The van der Waals surface area contributed by atoms with Crippen LogP contribution >= 0.6 is 103 Å². The Balaban J connectivity index is 0.000000765. The Kier molecular flexibility index (Phi) is 16.2. The Morgan fingerprint density at radius 1 is 0.850 bits per heavy atom. The number of benzene rings is 2. The van der Waals surface area contributed by atoms with Crippen LogP contribution in [-0.4, -0.2) is 56.8 Å². The number of aliphatic carboxylic acids is 1. The van der Waals surface area contributed by atoms with Gasteiger partial charge >= 0.3 is 29.8 Å². The minimum absolute atomic E-state index is 0. The summed E-state index contributed by atoms with van der Waals surface area (Å²) in [6, 6.07) is 4.66. The summed E-state index contributed by atoms with van der Waals surface area (Å²) < 4.78 is 64.3. The topological polar surface area (TPSA) is 151 Å². The maximum atomic E-state index is 13.8. The molecule has 18 heteroatoms. The van der Waals surface area contributed by atoms with Gasteiger partial charge in [-0.25, -0.2) is 9.59 Å². The summed E-state index contributed by atoms with van der Waals surface area (Å²) in [6.45, 7) is 2.38. The minimum atomic E-state index is -4.27. The SMILES string of the molecule is CCOC(=O)C(F)(F)C(O)c1cc(I)c(OC(C)=O)c(I)c1.Cl.O=C(O)C(F)(F)C(O)c1cc(I)c(O)c(I)c1. The van der Waals surface area contributed by atoms with Gasteiger partial charge in [-0.2, -0.15) is 17.6 Å². The summed E-state index contributed by atoms with van der Waals surface area (Å²) in [4.78, 5) is 32.6. The highest BCUT2D eigenvalue weighted by molar-refractivity contribution is 14.1. The molecule has 2 rings (SSSR count). The molecule has 2 aromatic rings. The van der Waals surface area contributed by atoms with Gasteiger partial charge in [0.05, 0.1) is 20.9 Å². The fourth-order valence-electron chi connectivity index (χ4n) is 2.60. The van der Waals surface area contributed by atoms with Crippen LogP contribution in [0.15, 0.2) is 24.3 Å². The van der Waals surface area contributed by atoms with Crippen LogP contribution in [-0.2, 0) is 19.1 Å². The van der Waals surface area contributed by atoms with Crippen molar-refractivity contribution in [2.75, 3.05) is 6.61 Å². The van der Waals surface area contributed by atoms with Crippen LogP contribution in [0.3, 0.4) is 0 Å². The molecule has 0 aliphatic rings. The van der Waals surface area contributed by atoms with Gasteiger partial charge in [-0.1, -0.05) is 0 Å². The van der Waals surface area contributed by atoms with Crippen LogP contribution in [0.5, 0.6) is 11.5 Å². The maximum Gasteiger partial charge on any atom is 0.380 e. The second kappa shape index (κ2) is 16.4. The third-order valence-corrected chi connectivity index (χ3v) is 7.70. The summed E-state index contributed by atoms with van der Waals surface area (Å²) in [7, 11) is 0. The molecular formula is C22H19ClF4I4O9. The third-order valence-electron chi connectivity index (χ3n) is 4.46. The quantitative estimate of drug-likeness (QED) is 0.111. The number of carbonyl (C=O) groups excluding carboxylic acids is 2. The summed E-state index contributed by atoms with van der Waals surface area (Å²) in [5.41, 5.74) is -0.438.